The Labute approximate surface area is 74.6 Å². The molecule has 0 aromatic heterocycles. The maximum Gasteiger partial charge on any atom is 0.0572 e. The zero-order chi connectivity index (χ0) is 9.14. The lowest BCUT2D eigenvalue weighted by Gasteiger charge is -2.35. The van der Waals surface area contributed by atoms with Crippen LogP contribution >= 0.6 is 0 Å². The minimum Gasteiger partial charge on any atom is -0.393 e. The summed E-state index contributed by atoms with van der Waals surface area (Å²) in [5.74, 6) is 0.606. The van der Waals surface area contributed by atoms with Gasteiger partial charge in [-0.05, 0) is 31.1 Å². The summed E-state index contributed by atoms with van der Waals surface area (Å²) >= 11 is 0. The number of rotatable bonds is 2. The molecule has 0 amide bonds. The van der Waals surface area contributed by atoms with Crippen molar-refractivity contribution in [3.8, 4) is 0 Å². The minimum absolute atomic E-state index is 0.177. The number of aliphatic hydroxyl groups excluding tert-OH is 2. The quantitative estimate of drug-likeness (QED) is 0.663. The van der Waals surface area contributed by atoms with Gasteiger partial charge in [0.05, 0.1) is 12.2 Å². The molecule has 72 valence electrons. The van der Waals surface area contributed by atoms with Crippen LogP contribution in [0.1, 0.15) is 39.5 Å². The van der Waals surface area contributed by atoms with Crippen molar-refractivity contribution in [2.75, 3.05) is 0 Å². The Bertz CT molecular complexity index is 136. The standard InChI is InChI=1S/C10H20O2/c1-3-4-8-6-9(11)7(2)5-10(8)12/h7-12H,3-6H2,1-2H3/t7-,8-,9-,10-/m1/s1. The molecule has 0 aliphatic heterocycles. The molecule has 4 atom stereocenters. The molecule has 0 aromatic carbocycles. The van der Waals surface area contributed by atoms with Crippen LogP contribution in [0.15, 0.2) is 0 Å². The lowest BCUT2D eigenvalue weighted by atomic mass is 9.77. The van der Waals surface area contributed by atoms with Gasteiger partial charge in [0, 0.05) is 0 Å². The van der Waals surface area contributed by atoms with Gasteiger partial charge in [-0.1, -0.05) is 20.3 Å². The van der Waals surface area contributed by atoms with Crippen molar-refractivity contribution in [1.29, 1.82) is 0 Å². The molecule has 1 fully saturated rings. The van der Waals surface area contributed by atoms with E-state index < -0.39 is 0 Å². The highest BCUT2D eigenvalue weighted by atomic mass is 16.3. The Hall–Kier alpha value is -0.0800. The van der Waals surface area contributed by atoms with E-state index >= 15 is 0 Å². The van der Waals surface area contributed by atoms with E-state index in [2.05, 4.69) is 6.92 Å². The first-order chi connectivity index (χ1) is 5.65. The van der Waals surface area contributed by atoms with Crippen LogP contribution < -0.4 is 0 Å². The van der Waals surface area contributed by atoms with E-state index in [1.54, 1.807) is 0 Å². The Balaban J connectivity index is 2.43. The SMILES string of the molecule is CCC[C@@H]1C[C@@H](O)[C@H](C)C[C@H]1O. The fourth-order valence-electron chi connectivity index (χ4n) is 2.11. The predicted molar refractivity (Wildman–Crippen MR) is 48.8 cm³/mol. The Morgan fingerprint density at radius 1 is 1.17 bits per heavy atom. The smallest absolute Gasteiger partial charge is 0.0572 e. The van der Waals surface area contributed by atoms with Crippen LogP contribution in [-0.2, 0) is 0 Å². The van der Waals surface area contributed by atoms with E-state index in [4.69, 9.17) is 0 Å². The second kappa shape index (κ2) is 4.24. The van der Waals surface area contributed by atoms with Gasteiger partial charge in [-0.3, -0.25) is 0 Å². The highest BCUT2D eigenvalue weighted by Crippen LogP contribution is 2.31. The molecule has 12 heavy (non-hydrogen) atoms. The summed E-state index contributed by atoms with van der Waals surface area (Å²) in [5, 5.41) is 19.3. The third-order valence-corrected chi connectivity index (χ3v) is 3.02. The third-order valence-electron chi connectivity index (χ3n) is 3.02. The van der Waals surface area contributed by atoms with E-state index in [0.29, 0.717) is 5.92 Å². The van der Waals surface area contributed by atoms with Crippen molar-refractivity contribution in [2.45, 2.75) is 51.7 Å². The van der Waals surface area contributed by atoms with E-state index in [1.807, 2.05) is 6.92 Å². The van der Waals surface area contributed by atoms with Crippen LogP contribution in [0.25, 0.3) is 0 Å². The van der Waals surface area contributed by atoms with E-state index in [0.717, 1.165) is 25.7 Å². The Morgan fingerprint density at radius 3 is 2.42 bits per heavy atom. The van der Waals surface area contributed by atoms with E-state index in [1.165, 1.54) is 0 Å². The van der Waals surface area contributed by atoms with Gasteiger partial charge in [-0.2, -0.15) is 0 Å². The largest absolute Gasteiger partial charge is 0.393 e. The third kappa shape index (κ3) is 2.20. The molecule has 2 N–H and O–H groups in total. The number of aliphatic hydroxyl groups is 2. The van der Waals surface area contributed by atoms with Gasteiger partial charge >= 0.3 is 0 Å². The average molecular weight is 172 g/mol. The van der Waals surface area contributed by atoms with Crippen LogP contribution in [0.5, 0.6) is 0 Å². The fourth-order valence-corrected chi connectivity index (χ4v) is 2.11. The van der Waals surface area contributed by atoms with Gasteiger partial charge in [-0.15, -0.1) is 0 Å². The fraction of sp³-hybridized carbons (Fsp3) is 1.00. The molecule has 2 heteroatoms. The van der Waals surface area contributed by atoms with Crippen LogP contribution in [0.4, 0.5) is 0 Å². The molecule has 0 saturated heterocycles. The predicted octanol–water partition coefficient (Wildman–Crippen LogP) is 1.55. The lowest BCUT2D eigenvalue weighted by molar-refractivity contribution is -0.0292. The molecule has 1 aliphatic carbocycles. The highest BCUT2D eigenvalue weighted by molar-refractivity contribution is 4.83. The van der Waals surface area contributed by atoms with Gasteiger partial charge in [0.25, 0.3) is 0 Å². The van der Waals surface area contributed by atoms with Crippen molar-refractivity contribution in [3.63, 3.8) is 0 Å². The molecular weight excluding hydrogens is 152 g/mol. The summed E-state index contributed by atoms with van der Waals surface area (Å²) in [6.45, 7) is 4.13. The summed E-state index contributed by atoms with van der Waals surface area (Å²) in [4.78, 5) is 0. The van der Waals surface area contributed by atoms with Crippen molar-refractivity contribution in [3.05, 3.63) is 0 Å². The van der Waals surface area contributed by atoms with Crippen LogP contribution in [-0.4, -0.2) is 22.4 Å². The van der Waals surface area contributed by atoms with Crippen LogP contribution in [0, 0.1) is 11.8 Å². The number of hydrogen-bond acceptors (Lipinski definition) is 2. The van der Waals surface area contributed by atoms with Gasteiger partial charge in [0.1, 0.15) is 0 Å². The molecule has 0 aromatic rings. The summed E-state index contributed by atoms with van der Waals surface area (Å²) in [6.07, 6.45) is 3.34. The zero-order valence-electron chi connectivity index (χ0n) is 8.03. The van der Waals surface area contributed by atoms with E-state index in [9.17, 15) is 10.2 Å². The maximum absolute atomic E-state index is 9.68. The summed E-state index contributed by atoms with van der Waals surface area (Å²) in [6, 6.07) is 0. The first-order valence-corrected chi connectivity index (χ1v) is 5.01. The van der Waals surface area contributed by atoms with Crippen LogP contribution in [0.3, 0.4) is 0 Å². The van der Waals surface area contributed by atoms with Gasteiger partial charge in [0.15, 0.2) is 0 Å². The molecule has 0 spiro atoms. The normalized spacial score (nSPS) is 43.0. The maximum atomic E-state index is 9.68. The summed E-state index contributed by atoms with van der Waals surface area (Å²) in [5.41, 5.74) is 0. The molecule has 2 nitrogen and oxygen atoms in total. The highest BCUT2D eigenvalue weighted by Gasteiger charge is 2.31. The lowest BCUT2D eigenvalue weighted by Crippen LogP contribution is -2.37. The molecular formula is C10H20O2. The van der Waals surface area contributed by atoms with Crippen molar-refractivity contribution >= 4 is 0 Å². The topological polar surface area (TPSA) is 40.5 Å². The van der Waals surface area contributed by atoms with Gasteiger partial charge < -0.3 is 10.2 Å². The van der Waals surface area contributed by atoms with Crippen molar-refractivity contribution in [2.24, 2.45) is 11.8 Å². The first-order valence-electron chi connectivity index (χ1n) is 5.01. The minimum atomic E-state index is -0.190. The second-order valence-corrected chi connectivity index (χ2v) is 4.13. The van der Waals surface area contributed by atoms with Gasteiger partial charge in [0.2, 0.25) is 0 Å². The molecule has 0 radical (unpaired) electrons. The number of hydrogen-bond donors (Lipinski definition) is 2. The second-order valence-electron chi connectivity index (χ2n) is 4.13. The van der Waals surface area contributed by atoms with E-state index in [-0.39, 0.29) is 18.1 Å². The molecule has 0 unspecified atom stereocenters. The summed E-state index contributed by atoms with van der Waals surface area (Å²) < 4.78 is 0. The molecule has 1 rings (SSSR count). The van der Waals surface area contributed by atoms with Gasteiger partial charge in [-0.25, -0.2) is 0 Å². The zero-order valence-corrected chi connectivity index (χ0v) is 8.03. The molecule has 1 saturated carbocycles. The molecule has 1 aliphatic rings. The Kier molecular flexibility index (Phi) is 3.53. The average Bonchev–Trinajstić information content (AvgIpc) is 2.01. The monoisotopic (exact) mass is 172 g/mol. The van der Waals surface area contributed by atoms with Crippen molar-refractivity contribution in [1.82, 2.24) is 0 Å². The van der Waals surface area contributed by atoms with Crippen LogP contribution in [0.2, 0.25) is 0 Å². The van der Waals surface area contributed by atoms with Crippen molar-refractivity contribution < 1.29 is 10.2 Å². The first kappa shape index (κ1) is 10.0. The molecule has 0 heterocycles. The molecule has 0 bridgehead atoms. The summed E-state index contributed by atoms with van der Waals surface area (Å²) in [7, 11) is 0. The Morgan fingerprint density at radius 2 is 1.83 bits per heavy atom.